The molecule has 0 fully saturated rings. The average molecular weight is 173 g/mol. The zero-order valence-electron chi connectivity index (χ0n) is 8.21. The molecule has 0 saturated heterocycles. The highest BCUT2D eigenvalue weighted by atomic mass is 16.5. The van der Waals surface area contributed by atoms with Crippen LogP contribution in [0.5, 0.6) is 5.75 Å². The molecular weight excluding hydrogens is 159 g/mol. The quantitative estimate of drug-likeness (QED) is 0.589. The van der Waals surface area contributed by atoms with E-state index in [4.69, 9.17) is 4.74 Å². The first kappa shape index (κ1) is 8.67. The van der Waals surface area contributed by atoms with E-state index in [2.05, 4.69) is 39.3 Å². The third-order valence-corrected chi connectivity index (χ3v) is 2.45. The molecule has 1 nitrogen and oxygen atoms in total. The number of ether oxygens (including phenoxy) is 1. The van der Waals surface area contributed by atoms with Gasteiger partial charge in [-0.15, -0.1) is 0 Å². The number of fused-ring (bicyclic) bond motifs is 1. The molecule has 0 saturated carbocycles. The Morgan fingerprint density at radius 1 is 1.38 bits per heavy atom. The van der Waals surface area contributed by atoms with E-state index in [1.165, 1.54) is 11.0 Å². The number of hydrogen-bond donors (Lipinski definition) is 0. The normalized spacial score (nSPS) is 14.7. The van der Waals surface area contributed by atoms with E-state index in [1.807, 2.05) is 0 Å². The van der Waals surface area contributed by atoms with Gasteiger partial charge < -0.3 is 4.74 Å². The zero-order chi connectivity index (χ0) is 9.26. The Balaban J connectivity index is 2.46. The summed E-state index contributed by atoms with van der Waals surface area (Å²) in [6.07, 6.45) is 1.04. The molecule has 67 valence electrons. The molecule has 0 aliphatic carbocycles. The molecule has 2 rings (SSSR count). The van der Waals surface area contributed by atoms with E-state index < -0.39 is 0 Å². The lowest BCUT2D eigenvalue weighted by Crippen LogP contribution is -2.28. The fourth-order valence-corrected chi connectivity index (χ4v) is 1.78. The van der Waals surface area contributed by atoms with Gasteiger partial charge in [-0.3, -0.25) is 0 Å². The molecule has 1 aromatic rings. The van der Waals surface area contributed by atoms with Crippen LogP contribution in [0.25, 0.3) is 0 Å². The minimum Gasteiger partial charge on any atom is -0.495 e. The van der Waals surface area contributed by atoms with Gasteiger partial charge in [0, 0.05) is 0 Å². The second-order valence-electron chi connectivity index (χ2n) is 3.76. The maximum absolute atomic E-state index is 5.58. The number of rotatable bonds is 1. The summed E-state index contributed by atoms with van der Waals surface area (Å²) >= 11 is 0. The van der Waals surface area contributed by atoms with Crippen molar-refractivity contribution < 1.29 is 4.74 Å². The van der Waals surface area contributed by atoms with Gasteiger partial charge in [0.25, 0.3) is 0 Å². The van der Waals surface area contributed by atoms with E-state index in [0.717, 1.165) is 18.7 Å². The van der Waals surface area contributed by atoms with Crippen molar-refractivity contribution in [2.75, 3.05) is 6.61 Å². The van der Waals surface area contributed by atoms with Crippen LogP contribution in [-0.2, 0) is 0 Å². The van der Waals surface area contributed by atoms with Crippen molar-refractivity contribution in [2.24, 2.45) is 0 Å². The zero-order valence-corrected chi connectivity index (χ0v) is 8.21. The first-order valence-corrected chi connectivity index (χ1v) is 4.88. The van der Waals surface area contributed by atoms with Crippen LogP contribution in [0.3, 0.4) is 0 Å². The van der Waals surface area contributed by atoms with Crippen molar-refractivity contribution in [3.63, 3.8) is 0 Å². The molecule has 0 atom stereocenters. The van der Waals surface area contributed by atoms with Gasteiger partial charge in [0.05, 0.1) is 6.61 Å². The molecule has 0 unspecified atom stereocenters. The molecule has 1 aromatic carbocycles. The van der Waals surface area contributed by atoms with Crippen LogP contribution in [0.15, 0.2) is 18.2 Å². The Kier molecular flexibility index (Phi) is 2.30. The molecule has 1 aliphatic rings. The van der Waals surface area contributed by atoms with Crippen LogP contribution in [-0.4, -0.2) is 13.9 Å². The van der Waals surface area contributed by atoms with Gasteiger partial charge in [0.1, 0.15) is 5.75 Å². The second-order valence-corrected chi connectivity index (χ2v) is 3.76. The van der Waals surface area contributed by atoms with Gasteiger partial charge in [-0.25, -0.2) is 0 Å². The molecule has 13 heavy (non-hydrogen) atoms. The fourth-order valence-electron chi connectivity index (χ4n) is 1.78. The molecule has 1 aliphatic heterocycles. The molecular formula is C11H14BO. The molecule has 0 amide bonds. The smallest absolute Gasteiger partial charge is 0.160 e. The third-order valence-electron chi connectivity index (χ3n) is 2.45. The number of hydrogen-bond acceptors (Lipinski definition) is 1. The van der Waals surface area contributed by atoms with Crippen LogP contribution in [0, 0.1) is 0 Å². The van der Waals surface area contributed by atoms with Gasteiger partial charge in [-0.2, -0.15) is 0 Å². The highest BCUT2D eigenvalue weighted by Crippen LogP contribution is 2.20. The highest BCUT2D eigenvalue weighted by molar-refractivity contribution is 6.55. The van der Waals surface area contributed by atoms with Crippen molar-refractivity contribution in [2.45, 2.75) is 26.1 Å². The lowest BCUT2D eigenvalue weighted by molar-refractivity contribution is 0.337. The lowest BCUT2D eigenvalue weighted by atomic mass is 9.63. The largest absolute Gasteiger partial charge is 0.495 e. The molecule has 0 aromatic heterocycles. The van der Waals surface area contributed by atoms with Crippen molar-refractivity contribution in [1.29, 1.82) is 0 Å². The monoisotopic (exact) mass is 173 g/mol. The molecule has 0 N–H and O–H groups in total. The molecule has 2 heteroatoms. The minimum atomic E-state index is 0.577. The van der Waals surface area contributed by atoms with Crippen LogP contribution in [0.4, 0.5) is 0 Å². The van der Waals surface area contributed by atoms with Crippen molar-refractivity contribution in [1.82, 2.24) is 0 Å². The Morgan fingerprint density at radius 3 is 3.00 bits per heavy atom. The minimum absolute atomic E-state index is 0.577. The summed E-state index contributed by atoms with van der Waals surface area (Å²) in [5.74, 6) is 1.63. The maximum atomic E-state index is 5.58. The average Bonchev–Trinajstić information content (AvgIpc) is 2.17. The Morgan fingerprint density at radius 2 is 2.23 bits per heavy atom. The molecule has 0 spiro atoms. The van der Waals surface area contributed by atoms with Crippen LogP contribution >= 0.6 is 0 Å². The third kappa shape index (κ3) is 1.58. The van der Waals surface area contributed by atoms with Crippen molar-refractivity contribution in [3.05, 3.63) is 23.8 Å². The van der Waals surface area contributed by atoms with E-state index in [-0.39, 0.29) is 0 Å². The van der Waals surface area contributed by atoms with Gasteiger partial charge in [-0.1, -0.05) is 26.0 Å². The van der Waals surface area contributed by atoms with Gasteiger partial charge in [0.2, 0.25) is 0 Å². The summed E-state index contributed by atoms with van der Waals surface area (Å²) in [6, 6.07) is 6.32. The summed E-state index contributed by atoms with van der Waals surface area (Å²) in [6.45, 7) is 5.27. The first-order valence-electron chi connectivity index (χ1n) is 4.88. The predicted molar refractivity (Wildman–Crippen MR) is 56.2 cm³/mol. The Bertz CT molecular complexity index is 307. The fraction of sp³-hybridized carbons (Fsp3) is 0.455. The Hall–Kier alpha value is -0.915. The van der Waals surface area contributed by atoms with Crippen LogP contribution in [0.1, 0.15) is 25.3 Å². The summed E-state index contributed by atoms with van der Waals surface area (Å²) in [4.78, 5) is 0. The summed E-state index contributed by atoms with van der Waals surface area (Å²) in [5, 5.41) is 0. The van der Waals surface area contributed by atoms with E-state index in [1.54, 1.807) is 0 Å². The first-order chi connectivity index (χ1) is 6.29. The molecule has 0 bridgehead atoms. The predicted octanol–water partition coefficient (Wildman–Crippen LogP) is 1.95. The van der Waals surface area contributed by atoms with E-state index in [9.17, 15) is 0 Å². The molecule has 1 heterocycles. The second kappa shape index (κ2) is 3.45. The maximum Gasteiger partial charge on any atom is 0.160 e. The van der Waals surface area contributed by atoms with Crippen molar-refractivity contribution >= 4 is 12.7 Å². The highest BCUT2D eigenvalue weighted by Gasteiger charge is 2.15. The van der Waals surface area contributed by atoms with Gasteiger partial charge >= 0.3 is 0 Å². The summed E-state index contributed by atoms with van der Waals surface area (Å²) in [5.41, 5.74) is 2.71. The van der Waals surface area contributed by atoms with E-state index >= 15 is 0 Å². The topological polar surface area (TPSA) is 9.23 Å². The van der Waals surface area contributed by atoms with Crippen LogP contribution < -0.4 is 10.2 Å². The van der Waals surface area contributed by atoms with E-state index in [0.29, 0.717) is 5.92 Å². The van der Waals surface area contributed by atoms with Gasteiger partial charge in [-0.05, 0) is 29.3 Å². The van der Waals surface area contributed by atoms with Crippen LogP contribution in [0.2, 0.25) is 6.32 Å². The Labute approximate surface area is 80.4 Å². The lowest BCUT2D eigenvalue weighted by Gasteiger charge is -2.21. The summed E-state index contributed by atoms with van der Waals surface area (Å²) in [7, 11) is 2.29. The molecule has 1 radical (unpaired) electrons. The van der Waals surface area contributed by atoms with Crippen molar-refractivity contribution in [3.8, 4) is 5.75 Å². The SMILES string of the molecule is CC(C)c1cccc2c1[B]CCO2. The summed E-state index contributed by atoms with van der Waals surface area (Å²) < 4.78 is 5.58. The van der Waals surface area contributed by atoms with Gasteiger partial charge in [0.15, 0.2) is 7.28 Å². The standard InChI is InChI=1S/C11H14BO/c1-8(2)9-4-3-5-10-11(9)12-6-7-13-10/h3-5,8H,6-7H2,1-2H3. The number of benzene rings is 1.